The SMILES string of the molecule is C=CCCNC1CC(c2cccc(Br)c2)C1. The van der Waals surface area contributed by atoms with Crippen molar-refractivity contribution in [2.75, 3.05) is 6.54 Å². The average molecular weight is 280 g/mol. The van der Waals surface area contributed by atoms with E-state index < -0.39 is 0 Å². The Balaban J connectivity index is 1.77. The van der Waals surface area contributed by atoms with Crippen LogP contribution in [-0.4, -0.2) is 12.6 Å². The maximum atomic E-state index is 3.73. The van der Waals surface area contributed by atoms with Gasteiger partial charge in [-0.05, 0) is 49.4 Å². The second-order valence-corrected chi connectivity index (χ2v) is 5.37. The molecule has 16 heavy (non-hydrogen) atoms. The van der Waals surface area contributed by atoms with Crippen molar-refractivity contribution in [2.45, 2.75) is 31.2 Å². The quantitative estimate of drug-likeness (QED) is 0.638. The average Bonchev–Trinajstić information content (AvgIpc) is 2.21. The third-order valence-corrected chi connectivity index (χ3v) is 3.73. The summed E-state index contributed by atoms with van der Waals surface area (Å²) in [5.74, 6) is 0.749. The van der Waals surface area contributed by atoms with Crippen LogP contribution < -0.4 is 5.32 Å². The van der Waals surface area contributed by atoms with Crippen LogP contribution in [0.3, 0.4) is 0 Å². The normalized spacial score (nSPS) is 23.8. The molecule has 1 nitrogen and oxygen atoms in total. The first-order valence-electron chi connectivity index (χ1n) is 5.89. The minimum absolute atomic E-state index is 0.712. The van der Waals surface area contributed by atoms with Gasteiger partial charge in [-0.3, -0.25) is 0 Å². The molecule has 0 atom stereocenters. The molecule has 0 amide bonds. The van der Waals surface area contributed by atoms with Crippen molar-refractivity contribution in [1.82, 2.24) is 5.32 Å². The van der Waals surface area contributed by atoms with Gasteiger partial charge in [0.25, 0.3) is 0 Å². The Kier molecular flexibility index (Phi) is 4.19. The molecule has 0 unspecified atom stereocenters. The van der Waals surface area contributed by atoms with Gasteiger partial charge in [0.2, 0.25) is 0 Å². The smallest absolute Gasteiger partial charge is 0.0178 e. The Labute approximate surface area is 106 Å². The van der Waals surface area contributed by atoms with Gasteiger partial charge < -0.3 is 5.32 Å². The van der Waals surface area contributed by atoms with E-state index in [0.717, 1.165) is 18.9 Å². The first-order chi connectivity index (χ1) is 7.79. The molecule has 1 saturated carbocycles. The predicted molar refractivity (Wildman–Crippen MR) is 72.7 cm³/mol. The Morgan fingerprint density at radius 2 is 2.25 bits per heavy atom. The zero-order chi connectivity index (χ0) is 11.4. The summed E-state index contributed by atoms with van der Waals surface area (Å²) in [6.07, 6.45) is 5.58. The molecule has 0 spiro atoms. The molecule has 86 valence electrons. The lowest BCUT2D eigenvalue weighted by atomic mass is 9.76. The van der Waals surface area contributed by atoms with Gasteiger partial charge in [-0.25, -0.2) is 0 Å². The highest BCUT2D eigenvalue weighted by Gasteiger charge is 2.29. The van der Waals surface area contributed by atoms with Crippen LogP contribution in [0.25, 0.3) is 0 Å². The van der Waals surface area contributed by atoms with Gasteiger partial charge in [-0.1, -0.05) is 34.1 Å². The second-order valence-electron chi connectivity index (χ2n) is 4.45. The summed E-state index contributed by atoms with van der Waals surface area (Å²) < 4.78 is 1.19. The first kappa shape index (κ1) is 11.9. The topological polar surface area (TPSA) is 12.0 Å². The fraction of sp³-hybridized carbons (Fsp3) is 0.429. The van der Waals surface area contributed by atoms with Crippen LogP contribution in [0.2, 0.25) is 0 Å². The molecule has 0 heterocycles. The molecule has 0 saturated heterocycles. The Morgan fingerprint density at radius 1 is 1.44 bits per heavy atom. The van der Waals surface area contributed by atoms with Gasteiger partial charge in [-0.2, -0.15) is 0 Å². The zero-order valence-corrected chi connectivity index (χ0v) is 11.0. The molecule has 2 rings (SSSR count). The highest BCUT2D eigenvalue weighted by atomic mass is 79.9. The summed E-state index contributed by atoms with van der Waals surface area (Å²) in [6, 6.07) is 9.39. The van der Waals surface area contributed by atoms with E-state index in [0.29, 0.717) is 6.04 Å². The zero-order valence-electron chi connectivity index (χ0n) is 9.45. The van der Waals surface area contributed by atoms with Crippen LogP contribution in [-0.2, 0) is 0 Å². The van der Waals surface area contributed by atoms with Crippen LogP contribution in [0.5, 0.6) is 0 Å². The molecule has 0 radical (unpaired) electrons. The van der Waals surface area contributed by atoms with Crippen molar-refractivity contribution in [3.63, 3.8) is 0 Å². The van der Waals surface area contributed by atoms with Gasteiger partial charge in [0.1, 0.15) is 0 Å². The van der Waals surface area contributed by atoms with Crippen LogP contribution in [0.1, 0.15) is 30.7 Å². The summed E-state index contributed by atoms with van der Waals surface area (Å²) in [5, 5.41) is 3.55. The van der Waals surface area contributed by atoms with Gasteiger partial charge in [0.05, 0.1) is 0 Å². The highest BCUT2D eigenvalue weighted by molar-refractivity contribution is 9.10. The number of halogens is 1. The van der Waals surface area contributed by atoms with Crippen molar-refractivity contribution in [2.24, 2.45) is 0 Å². The third-order valence-electron chi connectivity index (χ3n) is 3.24. The Morgan fingerprint density at radius 3 is 2.94 bits per heavy atom. The molecule has 1 aromatic rings. The van der Waals surface area contributed by atoms with E-state index in [2.05, 4.69) is 52.1 Å². The molecule has 1 aliphatic rings. The van der Waals surface area contributed by atoms with Crippen molar-refractivity contribution >= 4 is 15.9 Å². The number of hydrogen-bond donors (Lipinski definition) is 1. The fourth-order valence-electron chi connectivity index (χ4n) is 2.21. The van der Waals surface area contributed by atoms with E-state index in [9.17, 15) is 0 Å². The van der Waals surface area contributed by atoms with Gasteiger partial charge in [-0.15, -0.1) is 6.58 Å². The Bertz CT molecular complexity index is 356. The van der Waals surface area contributed by atoms with Crippen LogP contribution in [0.4, 0.5) is 0 Å². The molecular weight excluding hydrogens is 262 g/mol. The third kappa shape index (κ3) is 2.96. The predicted octanol–water partition coefficient (Wildman–Crippen LogP) is 3.86. The molecule has 0 aromatic heterocycles. The van der Waals surface area contributed by atoms with Crippen molar-refractivity contribution in [3.05, 3.63) is 47.0 Å². The number of rotatable bonds is 5. The minimum Gasteiger partial charge on any atom is -0.314 e. The van der Waals surface area contributed by atoms with E-state index in [4.69, 9.17) is 0 Å². The van der Waals surface area contributed by atoms with Crippen molar-refractivity contribution in [3.8, 4) is 0 Å². The summed E-state index contributed by atoms with van der Waals surface area (Å²) in [5.41, 5.74) is 1.47. The maximum Gasteiger partial charge on any atom is 0.0178 e. The maximum absolute atomic E-state index is 3.73. The van der Waals surface area contributed by atoms with E-state index in [1.807, 2.05) is 6.08 Å². The standard InChI is InChI=1S/C14H18BrN/c1-2-3-7-16-14-9-12(10-14)11-5-4-6-13(15)8-11/h2,4-6,8,12,14,16H,1,3,7,9-10H2. The lowest BCUT2D eigenvalue weighted by Crippen LogP contribution is -2.40. The summed E-state index contributed by atoms with van der Waals surface area (Å²) in [6.45, 7) is 4.80. The number of benzene rings is 1. The number of hydrogen-bond acceptors (Lipinski definition) is 1. The van der Waals surface area contributed by atoms with Crippen molar-refractivity contribution in [1.29, 1.82) is 0 Å². The summed E-state index contributed by atoms with van der Waals surface area (Å²) in [4.78, 5) is 0. The molecule has 1 aliphatic carbocycles. The minimum atomic E-state index is 0.712. The second kappa shape index (κ2) is 5.65. The molecule has 1 N–H and O–H groups in total. The van der Waals surface area contributed by atoms with Crippen molar-refractivity contribution < 1.29 is 0 Å². The van der Waals surface area contributed by atoms with Crippen LogP contribution >= 0.6 is 15.9 Å². The van der Waals surface area contributed by atoms with Crippen LogP contribution in [0, 0.1) is 0 Å². The fourth-order valence-corrected chi connectivity index (χ4v) is 2.62. The summed E-state index contributed by atoms with van der Waals surface area (Å²) in [7, 11) is 0. The van der Waals surface area contributed by atoms with Crippen LogP contribution in [0.15, 0.2) is 41.4 Å². The summed E-state index contributed by atoms with van der Waals surface area (Å²) >= 11 is 3.52. The van der Waals surface area contributed by atoms with E-state index in [1.165, 1.54) is 22.9 Å². The molecule has 0 aliphatic heterocycles. The monoisotopic (exact) mass is 279 g/mol. The largest absolute Gasteiger partial charge is 0.314 e. The Hall–Kier alpha value is -0.600. The highest BCUT2D eigenvalue weighted by Crippen LogP contribution is 2.37. The molecule has 1 aromatic carbocycles. The van der Waals surface area contributed by atoms with E-state index in [1.54, 1.807) is 0 Å². The van der Waals surface area contributed by atoms with Gasteiger partial charge in [0.15, 0.2) is 0 Å². The van der Waals surface area contributed by atoms with Gasteiger partial charge in [0, 0.05) is 10.5 Å². The molecule has 0 bridgehead atoms. The van der Waals surface area contributed by atoms with E-state index in [-0.39, 0.29) is 0 Å². The van der Waals surface area contributed by atoms with Gasteiger partial charge >= 0.3 is 0 Å². The molecular formula is C14H18BrN. The lowest BCUT2D eigenvalue weighted by Gasteiger charge is -2.36. The molecule has 2 heteroatoms. The molecule has 1 fully saturated rings. The lowest BCUT2D eigenvalue weighted by molar-refractivity contribution is 0.293. The van der Waals surface area contributed by atoms with E-state index >= 15 is 0 Å². The number of nitrogens with one attached hydrogen (secondary N) is 1. The first-order valence-corrected chi connectivity index (χ1v) is 6.68.